The molecule has 2 heteroatoms. The van der Waals surface area contributed by atoms with Gasteiger partial charge in [0, 0.05) is 12.6 Å². The Labute approximate surface area is 98.5 Å². The van der Waals surface area contributed by atoms with Crippen LogP contribution in [-0.2, 0) is 6.54 Å². The van der Waals surface area contributed by atoms with Gasteiger partial charge in [-0.2, -0.15) is 5.26 Å². The summed E-state index contributed by atoms with van der Waals surface area (Å²) in [5, 5.41) is 8.83. The molecule has 86 valence electrons. The molecular weight excluding hydrogens is 196 g/mol. The lowest BCUT2D eigenvalue weighted by atomic mass is 10.1. The topological polar surface area (TPSA) is 27.0 Å². The first kappa shape index (κ1) is 12.7. The minimum atomic E-state index is 0.630. The average molecular weight is 216 g/mol. The van der Waals surface area contributed by atoms with Crippen molar-refractivity contribution in [3.8, 4) is 6.07 Å². The van der Waals surface area contributed by atoms with Gasteiger partial charge in [-0.3, -0.25) is 4.90 Å². The molecule has 0 aromatic heterocycles. The Morgan fingerprint density at radius 1 is 1.31 bits per heavy atom. The molecule has 0 aliphatic carbocycles. The van der Waals surface area contributed by atoms with Gasteiger partial charge in [-0.25, -0.2) is 0 Å². The Kier molecular flexibility index (Phi) is 5.01. The zero-order valence-corrected chi connectivity index (χ0v) is 10.4. The molecule has 1 rings (SSSR count). The molecule has 0 fully saturated rings. The number of hydrogen-bond donors (Lipinski definition) is 0. The van der Waals surface area contributed by atoms with E-state index >= 15 is 0 Å². The van der Waals surface area contributed by atoms with Crippen molar-refractivity contribution in [3.63, 3.8) is 0 Å². The fraction of sp³-hybridized carbons (Fsp3) is 0.500. The van der Waals surface area contributed by atoms with Crippen molar-refractivity contribution in [1.82, 2.24) is 4.90 Å². The summed E-state index contributed by atoms with van der Waals surface area (Å²) in [4.78, 5) is 2.36. The molecule has 0 aliphatic rings. The first-order valence-electron chi connectivity index (χ1n) is 5.90. The van der Waals surface area contributed by atoms with Gasteiger partial charge in [-0.05, 0) is 37.6 Å². The van der Waals surface area contributed by atoms with Gasteiger partial charge in [-0.1, -0.05) is 26.0 Å². The van der Waals surface area contributed by atoms with Crippen molar-refractivity contribution >= 4 is 0 Å². The summed E-state index contributed by atoms with van der Waals surface area (Å²) < 4.78 is 0. The molecule has 1 aromatic carbocycles. The van der Waals surface area contributed by atoms with Crippen LogP contribution in [0.1, 0.15) is 37.8 Å². The van der Waals surface area contributed by atoms with Crippen molar-refractivity contribution in [2.24, 2.45) is 0 Å². The van der Waals surface area contributed by atoms with Crippen molar-refractivity contribution in [2.45, 2.75) is 39.3 Å². The summed E-state index contributed by atoms with van der Waals surface area (Å²) in [6.45, 7) is 5.36. The summed E-state index contributed by atoms with van der Waals surface area (Å²) in [6.07, 6.45) is 2.34. The first-order valence-corrected chi connectivity index (χ1v) is 5.90. The Hall–Kier alpha value is -1.33. The molecule has 0 heterocycles. The highest BCUT2D eigenvalue weighted by Crippen LogP contribution is 2.12. The Bertz CT molecular complexity index is 361. The largest absolute Gasteiger partial charge is 0.299 e. The lowest BCUT2D eigenvalue weighted by molar-refractivity contribution is 0.222. The van der Waals surface area contributed by atoms with Gasteiger partial charge in [0.15, 0.2) is 0 Å². The van der Waals surface area contributed by atoms with Crippen LogP contribution in [0.4, 0.5) is 0 Å². The van der Waals surface area contributed by atoms with Crippen LogP contribution >= 0.6 is 0 Å². The van der Waals surface area contributed by atoms with Gasteiger partial charge >= 0.3 is 0 Å². The molecule has 16 heavy (non-hydrogen) atoms. The Morgan fingerprint density at radius 3 is 2.56 bits per heavy atom. The molecular formula is C14H20N2. The summed E-state index contributed by atoms with van der Waals surface area (Å²) in [7, 11) is 2.15. The van der Waals surface area contributed by atoms with Crippen molar-refractivity contribution < 1.29 is 0 Å². The van der Waals surface area contributed by atoms with E-state index in [-0.39, 0.29) is 0 Å². The molecule has 0 unspecified atom stereocenters. The minimum Gasteiger partial charge on any atom is -0.299 e. The molecule has 0 radical (unpaired) electrons. The van der Waals surface area contributed by atoms with Gasteiger partial charge < -0.3 is 0 Å². The summed E-state index contributed by atoms with van der Waals surface area (Å²) in [6, 6.07) is 10.7. The summed E-state index contributed by atoms with van der Waals surface area (Å²) in [5.41, 5.74) is 1.96. The lowest BCUT2D eigenvalue weighted by Crippen LogP contribution is -2.29. The maximum Gasteiger partial charge on any atom is 0.0991 e. The van der Waals surface area contributed by atoms with E-state index in [2.05, 4.69) is 37.9 Å². The zero-order valence-electron chi connectivity index (χ0n) is 10.4. The van der Waals surface area contributed by atoms with Crippen molar-refractivity contribution in [1.29, 1.82) is 5.26 Å². The molecule has 0 saturated carbocycles. The van der Waals surface area contributed by atoms with Crippen LogP contribution in [0.3, 0.4) is 0 Å². The molecule has 0 saturated heterocycles. The number of nitriles is 1. The first-order chi connectivity index (χ1) is 7.71. The second-order valence-corrected chi connectivity index (χ2v) is 4.20. The molecule has 2 nitrogen and oxygen atoms in total. The normalized spacial score (nSPS) is 10.8. The second-order valence-electron chi connectivity index (χ2n) is 4.20. The monoisotopic (exact) mass is 216 g/mol. The van der Waals surface area contributed by atoms with E-state index < -0.39 is 0 Å². The number of hydrogen-bond acceptors (Lipinski definition) is 2. The van der Waals surface area contributed by atoms with Crippen LogP contribution in [0.5, 0.6) is 0 Å². The van der Waals surface area contributed by atoms with Gasteiger partial charge in [-0.15, -0.1) is 0 Å². The SMILES string of the molecule is CCC(CC)N(C)Cc1cccc(C#N)c1. The molecule has 0 aliphatic heterocycles. The van der Waals surface area contributed by atoms with Crippen LogP contribution in [0.15, 0.2) is 24.3 Å². The average Bonchev–Trinajstić information content (AvgIpc) is 2.31. The Morgan fingerprint density at radius 2 is 2.00 bits per heavy atom. The van der Waals surface area contributed by atoms with Crippen LogP contribution < -0.4 is 0 Å². The zero-order chi connectivity index (χ0) is 12.0. The van der Waals surface area contributed by atoms with E-state index in [1.165, 1.54) is 18.4 Å². The molecule has 0 atom stereocenters. The van der Waals surface area contributed by atoms with E-state index in [4.69, 9.17) is 5.26 Å². The molecule has 0 amide bonds. The number of rotatable bonds is 5. The van der Waals surface area contributed by atoms with E-state index in [1.54, 1.807) is 0 Å². The highest BCUT2D eigenvalue weighted by molar-refractivity contribution is 5.32. The fourth-order valence-electron chi connectivity index (χ4n) is 2.07. The van der Waals surface area contributed by atoms with Gasteiger partial charge in [0.25, 0.3) is 0 Å². The fourth-order valence-corrected chi connectivity index (χ4v) is 2.07. The van der Waals surface area contributed by atoms with Crippen LogP contribution in [0.25, 0.3) is 0 Å². The van der Waals surface area contributed by atoms with E-state index in [1.807, 2.05) is 18.2 Å². The van der Waals surface area contributed by atoms with E-state index in [9.17, 15) is 0 Å². The third-order valence-corrected chi connectivity index (χ3v) is 3.05. The van der Waals surface area contributed by atoms with Crippen molar-refractivity contribution in [3.05, 3.63) is 35.4 Å². The molecule has 0 N–H and O–H groups in total. The van der Waals surface area contributed by atoms with E-state index in [0.717, 1.165) is 12.1 Å². The van der Waals surface area contributed by atoms with E-state index in [0.29, 0.717) is 6.04 Å². The smallest absolute Gasteiger partial charge is 0.0991 e. The lowest BCUT2D eigenvalue weighted by Gasteiger charge is -2.26. The third kappa shape index (κ3) is 3.36. The van der Waals surface area contributed by atoms with Gasteiger partial charge in [0.1, 0.15) is 0 Å². The molecule has 0 spiro atoms. The number of nitrogens with zero attached hydrogens (tertiary/aromatic N) is 2. The Balaban J connectivity index is 2.69. The molecule has 0 bridgehead atoms. The minimum absolute atomic E-state index is 0.630. The predicted molar refractivity (Wildman–Crippen MR) is 67.0 cm³/mol. The third-order valence-electron chi connectivity index (χ3n) is 3.05. The predicted octanol–water partition coefficient (Wildman–Crippen LogP) is 3.18. The highest BCUT2D eigenvalue weighted by atomic mass is 15.1. The number of benzene rings is 1. The maximum atomic E-state index is 8.83. The summed E-state index contributed by atoms with van der Waals surface area (Å²) >= 11 is 0. The summed E-state index contributed by atoms with van der Waals surface area (Å²) in [5.74, 6) is 0. The van der Waals surface area contributed by atoms with Crippen molar-refractivity contribution in [2.75, 3.05) is 7.05 Å². The van der Waals surface area contributed by atoms with Crippen LogP contribution in [-0.4, -0.2) is 18.0 Å². The van der Waals surface area contributed by atoms with Gasteiger partial charge in [0.2, 0.25) is 0 Å². The van der Waals surface area contributed by atoms with Crippen LogP contribution in [0.2, 0.25) is 0 Å². The second kappa shape index (κ2) is 6.30. The van der Waals surface area contributed by atoms with Gasteiger partial charge in [0.05, 0.1) is 11.6 Å². The van der Waals surface area contributed by atoms with Crippen LogP contribution in [0, 0.1) is 11.3 Å². The standard InChI is InChI=1S/C14H20N2/c1-4-14(5-2)16(3)11-13-8-6-7-12(9-13)10-15/h6-9,14H,4-5,11H2,1-3H3. The quantitative estimate of drug-likeness (QED) is 0.756. The highest BCUT2D eigenvalue weighted by Gasteiger charge is 2.10. The molecule has 1 aromatic rings. The maximum absolute atomic E-state index is 8.83.